The van der Waals surface area contributed by atoms with Crippen molar-refractivity contribution in [1.82, 2.24) is 0 Å². The zero-order chi connectivity index (χ0) is 12.6. The van der Waals surface area contributed by atoms with Gasteiger partial charge in [-0.25, -0.2) is 0 Å². The molecule has 0 aromatic rings. The monoisotopic (exact) mass is 258 g/mol. The Morgan fingerprint density at radius 3 is 2.06 bits per heavy atom. The van der Waals surface area contributed by atoms with Crippen molar-refractivity contribution >= 4 is 26.4 Å². The summed E-state index contributed by atoms with van der Waals surface area (Å²) in [5.41, 5.74) is 2.85. The fourth-order valence-corrected chi connectivity index (χ4v) is 5.00. The molecule has 0 spiro atoms. The Balaban J connectivity index is 4.99. The van der Waals surface area contributed by atoms with E-state index < -0.39 is 0 Å². The van der Waals surface area contributed by atoms with Crippen LogP contribution < -0.4 is 0 Å². The molecule has 2 heteroatoms. The molecule has 16 heavy (non-hydrogen) atoms. The molecule has 0 radical (unpaired) electrons. The zero-order valence-corrected chi connectivity index (χ0v) is 13.2. The summed E-state index contributed by atoms with van der Waals surface area (Å²) in [6.07, 6.45) is 4.75. The van der Waals surface area contributed by atoms with Gasteiger partial charge in [-0.1, -0.05) is 31.1 Å². The van der Waals surface area contributed by atoms with E-state index in [1.165, 1.54) is 28.4 Å². The first-order valence-corrected chi connectivity index (χ1v) is 8.51. The van der Waals surface area contributed by atoms with Gasteiger partial charge in [0.1, 0.15) is 0 Å². The van der Waals surface area contributed by atoms with Crippen LogP contribution in [0.2, 0.25) is 0 Å². The van der Waals surface area contributed by atoms with Crippen molar-refractivity contribution in [3.63, 3.8) is 0 Å². The van der Waals surface area contributed by atoms with Gasteiger partial charge in [-0.3, -0.25) is 0 Å². The van der Waals surface area contributed by atoms with Gasteiger partial charge in [0.15, 0.2) is 0 Å². The van der Waals surface area contributed by atoms with Gasteiger partial charge in [0.05, 0.1) is 0 Å². The van der Waals surface area contributed by atoms with Crippen molar-refractivity contribution in [2.75, 3.05) is 17.3 Å². The lowest BCUT2D eigenvalue weighted by Crippen LogP contribution is -1.95. The molecule has 0 saturated carbocycles. The molecule has 0 bridgehead atoms. The smallest absolute Gasteiger partial charge is 0.0310 e. The molecule has 0 nitrogen and oxygen atoms in total. The molecule has 0 rings (SSSR count). The van der Waals surface area contributed by atoms with E-state index >= 15 is 0 Å². The number of thioether (sulfide) groups is 1. The lowest BCUT2D eigenvalue weighted by Gasteiger charge is -2.11. The molecule has 0 aromatic carbocycles. The molecule has 0 N–H and O–H groups in total. The molecule has 0 aliphatic carbocycles. The molecule has 0 aliphatic rings. The molecular weight excluding hydrogens is 232 g/mol. The summed E-state index contributed by atoms with van der Waals surface area (Å²) in [6.45, 7) is 13.3. The molecule has 0 saturated heterocycles. The maximum atomic E-state index is 2.38. The summed E-state index contributed by atoms with van der Waals surface area (Å²) in [6, 6.07) is 0. The SMILES string of the molecule is CCS/C(C=C(C)C)=S(/CC)CC=C(C)C. The van der Waals surface area contributed by atoms with Crippen molar-refractivity contribution in [2.45, 2.75) is 41.5 Å². The Morgan fingerprint density at radius 2 is 1.69 bits per heavy atom. The van der Waals surface area contributed by atoms with Crippen LogP contribution in [-0.2, 0) is 0 Å². The van der Waals surface area contributed by atoms with E-state index in [-0.39, 0.29) is 0 Å². The van der Waals surface area contributed by atoms with E-state index in [9.17, 15) is 0 Å². The number of allylic oxidation sites excluding steroid dienone is 2. The highest BCUT2D eigenvalue weighted by Crippen LogP contribution is 2.24. The van der Waals surface area contributed by atoms with Crippen molar-refractivity contribution in [3.05, 3.63) is 23.3 Å². The highest BCUT2D eigenvalue weighted by Gasteiger charge is 2.00. The van der Waals surface area contributed by atoms with E-state index in [1.54, 1.807) is 4.20 Å². The minimum absolute atomic E-state index is 0.417. The van der Waals surface area contributed by atoms with Gasteiger partial charge in [0.25, 0.3) is 0 Å². The molecule has 0 amide bonds. The normalized spacial score (nSPS) is 13.0. The molecule has 0 aliphatic heterocycles. The van der Waals surface area contributed by atoms with Crippen LogP contribution >= 0.6 is 22.2 Å². The van der Waals surface area contributed by atoms with Gasteiger partial charge in [-0.15, -0.1) is 11.8 Å². The van der Waals surface area contributed by atoms with Crippen molar-refractivity contribution in [2.24, 2.45) is 0 Å². The Labute approximate surface area is 109 Å². The molecule has 0 fully saturated rings. The van der Waals surface area contributed by atoms with Crippen molar-refractivity contribution < 1.29 is 0 Å². The third-order valence-electron chi connectivity index (χ3n) is 2.02. The predicted octanol–water partition coefficient (Wildman–Crippen LogP) is 5.09. The predicted molar refractivity (Wildman–Crippen MR) is 85.0 cm³/mol. The highest BCUT2D eigenvalue weighted by atomic mass is 32.2. The largest absolute Gasteiger partial charge is 0.169 e. The average molecular weight is 258 g/mol. The van der Waals surface area contributed by atoms with Gasteiger partial charge in [-0.2, -0.15) is 10.5 Å². The van der Waals surface area contributed by atoms with E-state index in [1.807, 2.05) is 11.8 Å². The lowest BCUT2D eigenvalue weighted by atomic mass is 10.3. The highest BCUT2D eigenvalue weighted by molar-refractivity contribution is 8.34. The van der Waals surface area contributed by atoms with Crippen LogP contribution in [0.25, 0.3) is 0 Å². The summed E-state index contributed by atoms with van der Waals surface area (Å²) in [5.74, 6) is 3.65. The van der Waals surface area contributed by atoms with E-state index in [2.05, 4.69) is 53.7 Å². The molecule has 1 atom stereocenters. The summed E-state index contributed by atoms with van der Waals surface area (Å²) in [7, 11) is 0.417. The molecular formula is C14H26S2. The van der Waals surface area contributed by atoms with Gasteiger partial charge >= 0.3 is 0 Å². The van der Waals surface area contributed by atoms with Crippen LogP contribution in [0.15, 0.2) is 23.3 Å². The van der Waals surface area contributed by atoms with Crippen molar-refractivity contribution in [3.8, 4) is 0 Å². The van der Waals surface area contributed by atoms with Crippen LogP contribution in [0.3, 0.4) is 0 Å². The van der Waals surface area contributed by atoms with Gasteiger partial charge in [0.2, 0.25) is 0 Å². The first kappa shape index (κ1) is 16.1. The second kappa shape index (κ2) is 9.12. The minimum atomic E-state index is 0.417. The van der Waals surface area contributed by atoms with E-state index in [4.69, 9.17) is 0 Å². The number of hydrogen-bond acceptors (Lipinski definition) is 1. The first-order valence-electron chi connectivity index (χ1n) is 5.96. The first-order chi connectivity index (χ1) is 7.51. The van der Waals surface area contributed by atoms with Gasteiger partial charge in [0, 0.05) is 9.95 Å². The second-order valence-corrected chi connectivity index (χ2v) is 8.10. The maximum absolute atomic E-state index is 2.38. The Bertz CT molecular complexity index is 288. The van der Waals surface area contributed by atoms with Crippen LogP contribution in [0.1, 0.15) is 41.5 Å². The van der Waals surface area contributed by atoms with Crippen LogP contribution in [0.5, 0.6) is 0 Å². The third-order valence-corrected chi connectivity index (χ3v) is 5.72. The lowest BCUT2D eigenvalue weighted by molar-refractivity contribution is 1.37. The summed E-state index contributed by atoms with van der Waals surface area (Å²) in [4.78, 5) is 0. The summed E-state index contributed by atoms with van der Waals surface area (Å²) >= 11 is 2.01. The van der Waals surface area contributed by atoms with E-state index in [0.29, 0.717) is 10.5 Å². The van der Waals surface area contributed by atoms with Crippen LogP contribution in [-0.4, -0.2) is 21.5 Å². The standard InChI is InChI=1S/C14H26S2/c1-7-15-14(11-13(5)6)16(8-2)10-9-12(3)4/h9,11H,7-8,10H2,1-6H3. The summed E-state index contributed by atoms with van der Waals surface area (Å²) < 4.78 is 1.59. The minimum Gasteiger partial charge on any atom is -0.169 e. The van der Waals surface area contributed by atoms with Gasteiger partial charge < -0.3 is 0 Å². The Hall–Kier alpha value is 0.0500. The fraction of sp³-hybridized carbons (Fsp3) is 0.643. The maximum Gasteiger partial charge on any atom is 0.0310 e. The molecule has 94 valence electrons. The molecule has 0 heterocycles. The Morgan fingerprint density at radius 1 is 1.06 bits per heavy atom. The second-order valence-electron chi connectivity index (χ2n) is 4.20. The van der Waals surface area contributed by atoms with Crippen molar-refractivity contribution in [1.29, 1.82) is 0 Å². The number of rotatable bonds is 5. The summed E-state index contributed by atoms with van der Waals surface area (Å²) in [5, 5.41) is 0. The number of hydrogen-bond donors (Lipinski definition) is 0. The van der Waals surface area contributed by atoms with Gasteiger partial charge in [-0.05, 0) is 45.3 Å². The molecule has 1 unspecified atom stereocenters. The third kappa shape index (κ3) is 7.34. The topological polar surface area (TPSA) is 0 Å². The van der Waals surface area contributed by atoms with E-state index in [0.717, 1.165) is 0 Å². The fourth-order valence-electron chi connectivity index (χ4n) is 1.20. The quantitative estimate of drug-likeness (QED) is 0.376. The Kier molecular flexibility index (Phi) is 9.15. The average Bonchev–Trinajstić information content (AvgIpc) is 2.17. The van der Waals surface area contributed by atoms with Crippen LogP contribution in [0, 0.1) is 0 Å². The van der Waals surface area contributed by atoms with Crippen LogP contribution in [0.4, 0.5) is 0 Å². The molecule has 0 aromatic heterocycles. The zero-order valence-electron chi connectivity index (χ0n) is 11.6.